The Balaban J connectivity index is 2.22. The number of benzene rings is 1. The number of carboxylic acids is 1. The predicted molar refractivity (Wildman–Crippen MR) is 103 cm³/mol. The van der Waals surface area contributed by atoms with E-state index in [-0.39, 0.29) is 5.57 Å². The average molecular weight is 354 g/mol. The molecule has 1 aromatic carbocycles. The number of rotatable bonds is 8. The second-order valence-corrected chi connectivity index (χ2v) is 6.33. The van der Waals surface area contributed by atoms with Gasteiger partial charge in [0.2, 0.25) is 0 Å². The molecule has 0 aliphatic carbocycles. The van der Waals surface area contributed by atoms with Gasteiger partial charge >= 0.3 is 5.97 Å². The molecule has 2 rings (SSSR count). The van der Waals surface area contributed by atoms with Gasteiger partial charge in [0, 0.05) is 30.4 Å². The summed E-state index contributed by atoms with van der Waals surface area (Å²) in [5.74, 6) is -0.433. The van der Waals surface area contributed by atoms with Gasteiger partial charge in [-0.05, 0) is 43.9 Å². The van der Waals surface area contributed by atoms with Gasteiger partial charge in [0.05, 0.1) is 6.61 Å². The van der Waals surface area contributed by atoms with Crippen molar-refractivity contribution in [3.05, 3.63) is 41.5 Å². The van der Waals surface area contributed by atoms with Crippen molar-refractivity contribution in [2.75, 3.05) is 24.6 Å². The molecule has 1 heterocycles. The zero-order valence-electron chi connectivity index (χ0n) is 15.3. The van der Waals surface area contributed by atoms with Gasteiger partial charge in [-0.15, -0.1) is 0 Å². The molecule has 1 fully saturated rings. The Kier molecular flexibility index (Phi) is 7.75. The van der Waals surface area contributed by atoms with Crippen molar-refractivity contribution in [2.24, 2.45) is 0 Å². The minimum atomic E-state index is -1.22. The number of nitrogens with zero attached hydrogens (tertiary/aromatic N) is 2. The maximum absolute atomic E-state index is 10.9. The number of hydrogen-bond acceptors (Lipinski definition) is 4. The molecule has 0 saturated carbocycles. The lowest BCUT2D eigenvalue weighted by Gasteiger charge is -2.29. The molecule has 1 aliphatic heterocycles. The number of piperidine rings is 1. The van der Waals surface area contributed by atoms with Crippen LogP contribution in [0.25, 0.3) is 6.08 Å². The maximum atomic E-state index is 10.9. The van der Waals surface area contributed by atoms with Crippen molar-refractivity contribution in [3.8, 4) is 11.8 Å². The van der Waals surface area contributed by atoms with E-state index in [1.165, 1.54) is 25.3 Å². The van der Waals surface area contributed by atoms with Crippen LogP contribution in [-0.4, -0.2) is 30.8 Å². The summed E-state index contributed by atoms with van der Waals surface area (Å²) in [4.78, 5) is 13.3. The largest absolute Gasteiger partial charge is 0.493 e. The number of carbonyl (C=O) groups is 1. The van der Waals surface area contributed by atoms with Crippen LogP contribution in [-0.2, 0) is 4.79 Å². The Morgan fingerprint density at radius 3 is 2.77 bits per heavy atom. The van der Waals surface area contributed by atoms with E-state index in [0.29, 0.717) is 6.61 Å². The van der Waals surface area contributed by atoms with Gasteiger partial charge in [0.15, 0.2) is 0 Å². The number of nitriles is 1. The van der Waals surface area contributed by atoms with Crippen molar-refractivity contribution >= 4 is 17.7 Å². The molecule has 0 aromatic heterocycles. The summed E-state index contributed by atoms with van der Waals surface area (Å²) >= 11 is 0. The van der Waals surface area contributed by atoms with E-state index in [4.69, 9.17) is 15.1 Å². The second kappa shape index (κ2) is 10.3. The second-order valence-electron chi connectivity index (χ2n) is 6.33. The van der Waals surface area contributed by atoms with E-state index < -0.39 is 5.97 Å². The highest BCUT2D eigenvalue weighted by Crippen LogP contribution is 2.29. The molecule has 0 spiro atoms. The fourth-order valence-electron chi connectivity index (χ4n) is 2.87. The number of carboxylic acid groups (broad SMARTS) is 1. The van der Waals surface area contributed by atoms with Gasteiger partial charge in [-0.2, -0.15) is 5.26 Å². The van der Waals surface area contributed by atoms with E-state index in [9.17, 15) is 4.79 Å². The smallest absolute Gasteiger partial charge is 0.346 e. The van der Waals surface area contributed by atoms with E-state index in [2.05, 4.69) is 24.0 Å². The first kappa shape index (κ1) is 19.6. The number of hydrogen-bond donors (Lipinski definition) is 1. The van der Waals surface area contributed by atoms with Gasteiger partial charge < -0.3 is 14.7 Å². The highest BCUT2D eigenvalue weighted by molar-refractivity contribution is 5.91. The lowest BCUT2D eigenvalue weighted by atomic mass is 10.1. The van der Waals surface area contributed by atoms with Crippen LogP contribution in [0.4, 0.5) is 5.69 Å². The third-order valence-corrected chi connectivity index (χ3v) is 4.36. The highest BCUT2D eigenvalue weighted by Gasteiger charge is 2.13. The van der Waals surface area contributed by atoms with E-state index >= 15 is 0 Å². The maximum Gasteiger partial charge on any atom is 0.346 e. The normalized spacial score (nSPS) is 15.1. The van der Waals surface area contributed by atoms with E-state index in [1.54, 1.807) is 18.2 Å². The van der Waals surface area contributed by atoms with E-state index in [0.717, 1.165) is 42.9 Å². The molecule has 1 saturated heterocycles. The molecule has 1 N–H and O–H groups in total. The van der Waals surface area contributed by atoms with Gasteiger partial charge in [-0.25, -0.2) is 4.79 Å². The van der Waals surface area contributed by atoms with Crippen LogP contribution in [0.5, 0.6) is 5.75 Å². The standard InChI is InChI=1S/C21H26N2O3/c1-2-3-14-26-20-15-19(23-12-5-4-6-13-23)11-10-17(20)8-7-9-18(16-22)21(24)25/h7-11,15H,2-6,12-14H2,1H3,(H,24,25)/b8-7+,18-9+. The van der Waals surface area contributed by atoms with Crippen LogP contribution in [0, 0.1) is 11.3 Å². The number of allylic oxidation sites excluding steroid dienone is 2. The van der Waals surface area contributed by atoms with Crippen LogP contribution in [0.15, 0.2) is 35.9 Å². The van der Waals surface area contributed by atoms with Crippen LogP contribution in [0.2, 0.25) is 0 Å². The molecule has 5 nitrogen and oxygen atoms in total. The Hall–Kier alpha value is -2.74. The molecule has 0 atom stereocenters. The van der Waals surface area contributed by atoms with Gasteiger partial charge in [0.25, 0.3) is 0 Å². The Morgan fingerprint density at radius 2 is 2.12 bits per heavy atom. The zero-order chi connectivity index (χ0) is 18.8. The van der Waals surface area contributed by atoms with Crippen molar-refractivity contribution in [2.45, 2.75) is 39.0 Å². The molecule has 5 heteroatoms. The Labute approximate surface area is 155 Å². The van der Waals surface area contributed by atoms with Gasteiger partial charge in [-0.1, -0.05) is 25.5 Å². The molecule has 0 unspecified atom stereocenters. The first-order chi connectivity index (χ1) is 12.7. The molecule has 1 aliphatic rings. The Morgan fingerprint density at radius 1 is 1.35 bits per heavy atom. The molecule has 0 amide bonds. The average Bonchev–Trinajstić information content (AvgIpc) is 2.66. The summed E-state index contributed by atoms with van der Waals surface area (Å²) < 4.78 is 5.96. The molecule has 1 aromatic rings. The topological polar surface area (TPSA) is 73.6 Å². The van der Waals surface area contributed by atoms with Crippen LogP contribution in [0.3, 0.4) is 0 Å². The third kappa shape index (κ3) is 5.66. The molecular weight excluding hydrogens is 328 g/mol. The van der Waals surface area contributed by atoms with Crippen molar-refractivity contribution < 1.29 is 14.6 Å². The quantitative estimate of drug-likeness (QED) is 0.324. The summed E-state index contributed by atoms with van der Waals surface area (Å²) in [7, 11) is 0. The first-order valence-corrected chi connectivity index (χ1v) is 9.19. The van der Waals surface area contributed by atoms with Gasteiger partial charge in [-0.3, -0.25) is 0 Å². The minimum Gasteiger partial charge on any atom is -0.493 e. The molecule has 26 heavy (non-hydrogen) atoms. The van der Waals surface area contributed by atoms with E-state index in [1.807, 2.05) is 6.07 Å². The lowest BCUT2D eigenvalue weighted by molar-refractivity contribution is -0.132. The van der Waals surface area contributed by atoms with Crippen molar-refractivity contribution in [1.82, 2.24) is 0 Å². The summed E-state index contributed by atoms with van der Waals surface area (Å²) in [5, 5.41) is 17.7. The fourth-order valence-corrected chi connectivity index (χ4v) is 2.87. The predicted octanol–water partition coefficient (Wildman–Crippen LogP) is 4.40. The SMILES string of the molecule is CCCCOc1cc(N2CCCCC2)ccc1/C=C/C=C(\C#N)C(=O)O. The monoisotopic (exact) mass is 354 g/mol. The summed E-state index contributed by atoms with van der Waals surface area (Å²) in [6.45, 7) is 4.90. The third-order valence-electron chi connectivity index (χ3n) is 4.36. The lowest BCUT2D eigenvalue weighted by Crippen LogP contribution is -2.29. The Bertz CT molecular complexity index is 710. The minimum absolute atomic E-state index is 0.292. The highest BCUT2D eigenvalue weighted by atomic mass is 16.5. The molecule has 0 bridgehead atoms. The zero-order valence-corrected chi connectivity index (χ0v) is 15.3. The number of unbranched alkanes of at least 4 members (excludes halogenated alkanes) is 1. The number of ether oxygens (including phenoxy) is 1. The first-order valence-electron chi connectivity index (χ1n) is 9.19. The van der Waals surface area contributed by atoms with Crippen LogP contribution >= 0.6 is 0 Å². The summed E-state index contributed by atoms with van der Waals surface area (Å²) in [5.41, 5.74) is 1.74. The fraction of sp³-hybridized carbons (Fsp3) is 0.429. The molecule has 138 valence electrons. The summed E-state index contributed by atoms with van der Waals surface area (Å²) in [6, 6.07) is 7.79. The van der Waals surface area contributed by atoms with Crippen molar-refractivity contribution in [3.63, 3.8) is 0 Å². The molecule has 0 radical (unpaired) electrons. The van der Waals surface area contributed by atoms with Crippen molar-refractivity contribution in [1.29, 1.82) is 5.26 Å². The van der Waals surface area contributed by atoms with Crippen LogP contribution < -0.4 is 9.64 Å². The summed E-state index contributed by atoms with van der Waals surface area (Å²) in [6.07, 6.45) is 10.4. The van der Waals surface area contributed by atoms with Gasteiger partial charge in [0.1, 0.15) is 17.4 Å². The van der Waals surface area contributed by atoms with Crippen LogP contribution in [0.1, 0.15) is 44.6 Å². The number of anilines is 1. The molecular formula is C21H26N2O3. The number of aliphatic carboxylic acids is 1.